The lowest BCUT2D eigenvalue weighted by Gasteiger charge is -2.23. The highest BCUT2D eigenvalue weighted by molar-refractivity contribution is 9.11. The van der Waals surface area contributed by atoms with E-state index in [0.29, 0.717) is 22.7 Å². The molecule has 0 aliphatic carbocycles. The van der Waals surface area contributed by atoms with Crippen LogP contribution in [0.5, 0.6) is 0 Å². The lowest BCUT2D eigenvalue weighted by atomic mass is 9.89. The summed E-state index contributed by atoms with van der Waals surface area (Å²) in [5, 5.41) is 11.4. The highest BCUT2D eigenvalue weighted by Gasteiger charge is 2.50. The van der Waals surface area contributed by atoms with Gasteiger partial charge in [-0.1, -0.05) is 42.0 Å². The first-order chi connectivity index (χ1) is 13.8. The number of ketones is 1. The lowest BCUT2D eigenvalue weighted by Crippen LogP contribution is -2.41. The molecule has 6 heteroatoms. The third-order valence-corrected chi connectivity index (χ3v) is 7.00. The summed E-state index contributed by atoms with van der Waals surface area (Å²) in [6.45, 7) is 4.39. The van der Waals surface area contributed by atoms with Gasteiger partial charge in [-0.05, 0) is 59.1 Å². The molecule has 0 spiro atoms. The maximum Gasteiger partial charge on any atom is 0.264 e. The predicted molar refractivity (Wildman–Crippen MR) is 118 cm³/mol. The minimum Gasteiger partial charge on any atom is -0.375 e. The van der Waals surface area contributed by atoms with Gasteiger partial charge >= 0.3 is 0 Å². The summed E-state index contributed by atoms with van der Waals surface area (Å²) in [6, 6.07) is 16.8. The molecule has 0 saturated carbocycles. The number of hydrogen-bond acceptors (Lipinski definition) is 4. The van der Waals surface area contributed by atoms with Crippen LogP contribution in [0.15, 0.2) is 58.4 Å². The van der Waals surface area contributed by atoms with Crippen LogP contribution in [-0.2, 0) is 16.9 Å². The summed E-state index contributed by atoms with van der Waals surface area (Å²) in [5.74, 6) is -0.706. The monoisotopic (exact) mass is 469 g/mol. The number of anilines is 1. The van der Waals surface area contributed by atoms with E-state index in [1.807, 2.05) is 38.1 Å². The highest BCUT2D eigenvalue weighted by atomic mass is 79.9. The van der Waals surface area contributed by atoms with Gasteiger partial charge in [0.15, 0.2) is 11.4 Å². The molecule has 0 bridgehead atoms. The van der Waals surface area contributed by atoms with E-state index in [4.69, 9.17) is 0 Å². The van der Waals surface area contributed by atoms with Crippen molar-refractivity contribution in [3.8, 4) is 0 Å². The number of nitrogens with zero attached hydrogens (tertiary/aromatic N) is 1. The molecule has 0 radical (unpaired) electrons. The third kappa shape index (κ3) is 3.56. The van der Waals surface area contributed by atoms with E-state index in [-0.39, 0.29) is 12.2 Å². The molecule has 1 atom stereocenters. The highest BCUT2D eigenvalue weighted by Crippen LogP contribution is 2.44. The van der Waals surface area contributed by atoms with Crippen LogP contribution in [0.4, 0.5) is 5.69 Å². The Morgan fingerprint density at radius 1 is 1.14 bits per heavy atom. The molecule has 0 fully saturated rings. The molecule has 0 saturated heterocycles. The molecule has 2 aromatic carbocycles. The summed E-state index contributed by atoms with van der Waals surface area (Å²) >= 11 is 4.65. The maximum absolute atomic E-state index is 13.4. The van der Waals surface area contributed by atoms with E-state index in [1.54, 1.807) is 29.2 Å². The van der Waals surface area contributed by atoms with Crippen molar-refractivity contribution in [1.29, 1.82) is 0 Å². The molecule has 29 heavy (non-hydrogen) atoms. The van der Waals surface area contributed by atoms with Gasteiger partial charge in [-0.3, -0.25) is 9.59 Å². The van der Waals surface area contributed by atoms with Gasteiger partial charge in [-0.15, -0.1) is 11.3 Å². The predicted octanol–water partition coefficient (Wildman–Crippen LogP) is 5.13. The van der Waals surface area contributed by atoms with Gasteiger partial charge in [-0.2, -0.15) is 0 Å². The first-order valence-electron chi connectivity index (χ1n) is 9.28. The topological polar surface area (TPSA) is 57.6 Å². The standard InChI is InChI=1S/C23H20BrNO3S/c1-14-7-8-16(15(2)11-14)13-25-18-6-4-3-5-17(18)23(28,22(25)27)12-19(26)20-9-10-21(24)29-20/h3-11,28H,12-13H2,1-2H3. The Balaban J connectivity index is 1.69. The van der Waals surface area contributed by atoms with E-state index in [0.717, 1.165) is 20.5 Å². The van der Waals surface area contributed by atoms with Crippen LogP contribution in [0, 0.1) is 13.8 Å². The Kier molecular flexibility index (Phi) is 5.19. The number of carbonyl (C=O) groups excluding carboxylic acids is 2. The molecule has 1 amide bonds. The number of amides is 1. The average Bonchev–Trinajstić information content (AvgIpc) is 3.20. The molecule has 1 N–H and O–H groups in total. The fourth-order valence-corrected chi connectivity index (χ4v) is 5.14. The van der Waals surface area contributed by atoms with Crippen LogP contribution < -0.4 is 4.90 Å². The van der Waals surface area contributed by atoms with Crippen molar-refractivity contribution in [2.75, 3.05) is 4.90 Å². The second-order valence-corrected chi connectivity index (χ2v) is 9.87. The van der Waals surface area contributed by atoms with Crippen LogP contribution in [-0.4, -0.2) is 16.8 Å². The molecule has 1 aromatic heterocycles. The normalized spacial score (nSPS) is 18.2. The number of thiophene rings is 1. The van der Waals surface area contributed by atoms with Crippen LogP contribution >= 0.6 is 27.3 Å². The molecule has 1 aliphatic heterocycles. The number of rotatable bonds is 5. The fraction of sp³-hybridized carbons (Fsp3) is 0.217. The Morgan fingerprint density at radius 2 is 1.90 bits per heavy atom. The number of Topliss-reactive ketones (excluding diaryl/α,β-unsaturated/α-hetero) is 1. The Hall–Kier alpha value is -2.28. The van der Waals surface area contributed by atoms with Crippen molar-refractivity contribution in [3.05, 3.63) is 85.5 Å². The molecule has 148 valence electrons. The van der Waals surface area contributed by atoms with Crippen molar-refractivity contribution < 1.29 is 14.7 Å². The zero-order valence-corrected chi connectivity index (χ0v) is 18.5. The zero-order valence-electron chi connectivity index (χ0n) is 16.1. The number of carbonyl (C=O) groups is 2. The molecule has 2 heterocycles. The van der Waals surface area contributed by atoms with Crippen LogP contribution in [0.1, 0.15) is 38.3 Å². The Morgan fingerprint density at radius 3 is 2.59 bits per heavy atom. The van der Waals surface area contributed by atoms with Crippen LogP contribution in [0.3, 0.4) is 0 Å². The van der Waals surface area contributed by atoms with Crippen molar-refractivity contribution in [2.24, 2.45) is 0 Å². The quantitative estimate of drug-likeness (QED) is 0.526. The van der Waals surface area contributed by atoms with Crippen LogP contribution in [0.25, 0.3) is 0 Å². The number of aliphatic hydroxyl groups is 1. The Labute approximate surface area is 181 Å². The summed E-state index contributed by atoms with van der Waals surface area (Å²) < 4.78 is 0.836. The summed E-state index contributed by atoms with van der Waals surface area (Å²) in [4.78, 5) is 28.3. The average molecular weight is 470 g/mol. The Bertz CT molecular complexity index is 1120. The second-order valence-electron chi connectivity index (χ2n) is 7.40. The van der Waals surface area contributed by atoms with E-state index >= 15 is 0 Å². The van der Waals surface area contributed by atoms with Crippen molar-refractivity contribution in [2.45, 2.75) is 32.4 Å². The fourth-order valence-electron chi connectivity index (χ4n) is 3.81. The molecular formula is C23H20BrNO3S. The van der Waals surface area contributed by atoms with Gasteiger partial charge < -0.3 is 10.0 Å². The van der Waals surface area contributed by atoms with E-state index in [2.05, 4.69) is 22.0 Å². The van der Waals surface area contributed by atoms with Gasteiger partial charge in [0.25, 0.3) is 5.91 Å². The number of halogens is 1. The molecule has 3 aromatic rings. The van der Waals surface area contributed by atoms with E-state index < -0.39 is 11.5 Å². The molecule has 4 nitrogen and oxygen atoms in total. The summed E-state index contributed by atoms with van der Waals surface area (Å²) in [5.41, 5.74) is 2.53. The van der Waals surface area contributed by atoms with Gasteiger partial charge in [-0.25, -0.2) is 0 Å². The minimum atomic E-state index is -1.86. The number of hydrogen-bond donors (Lipinski definition) is 1. The SMILES string of the molecule is Cc1ccc(CN2C(=O)C(O)(CC(=O)c3ccc(Br)s3)c3ccccc32)c(C)c1. The number of para-hydroxylation sites is 1. The number of benzene rings is 2. The van der Waals surface area contributed by atoms with Crippen molar-refractivity contribution >= 4 is 44.6 Å². The molecule has 1 aliphatic rings. The number of aryl methyl sites for hydroxylation is 2. The first-order valence-corrected chi connectivity index (χ1v) is 10.9. The van der Waals surface area contributed by atoms with Crippen molar-refractivity contribution in [1.82, 2.24) is 0 Å². The smallest absolute Gasteiger partial charge is 0.264 e. The van der Waals surface area contributed by atoms with Gasteiger partial charge in [0.2, 0.25) is 0 Å². The number of fused-ring (bicyclic) bond motifs is 1. The van der Waals surface area contributed by atoms with Crippen LogP contribution in [0.2, 0.25) is 0 Å². The van der Waals surface area contributed by atoms with E-state index in [9.17, 15) is 14.7 Å². The lowest BCUT2D eigenvalue weighted by molar-refractivity contribution is -0.136. The minimum absolute atomic E-state index is 0.250. The summed E-state index contributed by atoms with van der Waals surface area (Å²) in [6.07, 6.45) is -0.279. The summed E-state index contributed by atoms with van der Waals surface area (Å²) in [7, 11) is 0. The zero-order chi connectivity index (χ0) is 20.8. The second kappa shape index (κ2) is 7.52. The molecule has 1 unspecified atom stereocenters. The van der Waals surface area contributed by atoms with Gasteiger partial charge in [0.1, 0.15) is 0 Å². The third-order valence-electron chi connectivity index (χ3n) is 5.33. The van der Waals surface area contributed by atoms with Gasteiger partial charge in [0, 0.05) is 5.56 Å². The molecule has 4 rings (SSSR count). The largest absolute Gasteiger partial charge is 0.375 e. The molecular weight excluding hydrogens is 450 g/mol. The maximum atomic E-state index is 13.4. The van der Waals surface area contributed by atoms with Crippen molar-refractivity contribution in [3.63, 3.8) is 0 Å². The first kappa shape index (κ1) is 20.0. The van der Waals surface area contributed by atoms with Gasteiger partial charge in [0.05, 0.1) is 27.3 Å². The van der Waals surface area contributed by atoms with E-state index in [1.165, 1.54) is 11.3 Å².